The number of nitrogens with zero attached hydrogens (tertiary/aromatic N) is 3. The van der Waals surface area contributed by atoms with E-state index < -0.39 is 15.8 Å². The van der Waals surface area contributed by atoms with Gasteiger partial charge in [0.2, 0.25) is 21.7 Å². The SMILES string of the molecule is NS(=O)(=O)CCOCCNc1nonc1/C(=N/O)Nc1ccc(F)c(Br)c1. The van der Waals surface area contributed by atoms with Gasteiger partial charge < -0.3 is 20.6 Å². The van der Waals surface area contributed by atoms with E-state index >= 15 is 0 Å². The molecule has 0 saturated heterocycles. The molecule has 2 aromatic rings. The number of halogens is 2. The molecule has 0 atom stereocenters. The average molecular weight is 467 g/mol. The number of sulfonamides is 1. The Morgan fingerprint density at radius 1 is 1.41 bits per heavy atom. The summed E-state index contributed by atoms with van der Waals surface area (Å²) < 4.78 is 44.8. The van der Waals surface area contributed by atoms with Crippen molar-refractivity contribution in [3.63, 3.8) is 0 Å². The number of aromatic nitrogens is 2. The minimum absolute atomic E-state index is 0.0468. The van der Waals surface area contributed by atoms with Crippen molar-refractivity contribution < 1.29 is 27.4 Å². The van der Waals surface area contributed by atoms with Crippen molar-refractivity contribution in [2.45, 2.75) is 0 Å². The number of nitrogens with one attached hydrogen (secondary N) is 2. The number of benzene rings is 1. The number of hydrogen-bond donors (Lipinski definition) is 4. The first-order valence-electron chi connectivity index (χ1n) is 7.39. The number of anilines is 2. The van der Waals surface area contributed by atoms with Crippen LogP contribution in [0.15, 0.2) is 32.5 Å². The maximum absolute atomic E-state index is 13.3. The monoisotopic (exact) mass is 466 g/mol. The molecular formula is C13H16BrFN6O5S. The Balaban J connectivity index is 1.92. The Hall–Kier alpha value is -2.29. The molecule has 0 fully saturated rings. The van der Waals surface area contributed by atoms with E-state index in [4.69, 9.17) is 9.88 Å². The van der Waals surface area contributed by atoms with Crippen LogP contribution in [-0.2, 0) is 14.8 Å². The second kappa shape index (κ2) is 9.59. The topological polar surface area (TPSA) is 165 Å². The van der Waals surface area contributed by atoms with Gasteiger partial charge in [0.1, 0.15) is 5.82 Å². The summed E-state index contributed by atoms with van der Waals surface area (Å²) >= 11 is 3.05. The first-order chi connectivity index (χ1) is 12.8. The molecular weight excluding hydrogens is 451 g/mol. The lowest BCUT2D eigenvalue weighted by Crippen LogP contribution is -2.22. The minimum atomic E-state index is -3.57. The van der Waals surface area contributed by atoms with E-state index in [0.29, 0.717) is 5.69 Å². The van der Waals surface area contributed by atoms with Crippen molar-refractivity contribution >= 4 is 43.3 Å². The normalized spacial score (nSPS) is 12.2. The number of ether oxygens (including phenoxy) is 1. The predicted octanol–water partition coefficient (Wildman–Crippen LogP) is 0.936. The molecule has 11 nitrogen and oxygen atoms in total. The van der Waals surface area contributed by atoms with E-state index in [0.717, 1.165) is 0 Å². The maximum atomic E-state index is 13.3. The molecule has 2 rings (SSSR count). The van der Waals surface area contributed by atoms with E-state index in [1.165, 1.54) is 18.2 Å². The average Bonchev–Trinajstić information content (AvgIpc) is 3.06. The van der Waals surface area contributed by atoms with Crippen molar-refractivity contribution in [2.75, 3.05) is 36.1 Å². The van der Waals surface area contributed by atoms with Crippen LogP contribution in [0.2, 0.25) is 0 Å². The first-order valence-corrected chi connectivity index (χ1v) is 9.90. The highest BCUT2D eigenvalue weighted by molar-refractivity contribution is 9.10. The molecule has 0 bridgehead atoms. The van der Waals surface area contributed by atoms with E-state index in [-0.39, 0.29) is 47.3 Å². The number of amidine groups is 1. The molecule has 0 aliphatic carbocycles. The Kier molecular flexibility index (Phi) is 7.46. The summed E-state index contributed by atoms with van der Waals surface area (Å²) in [5.41, 5.74) is 0.499. The molecule has 1 aromatic carbocycles. The molecule has 148 valence electrons. The number of hydrogen-bond acceptors (Lipinski definition) is 9. The van der Waals surface area contributed by atoms with Crippen molar-refractivity contribution in [1.82, 2.24) is 10.3 Å². The van der Waals surface area contributed by atoms with Crippen molar-refractivity contribution in [2.24, 2.45) is 10.3 Å². The summed E-state index contributed by atoms with van der Waals surface area (Å²) in [6.45, 7) is 0.354. The van der Waals surface area contributed by atoms with Crippen molar-refractivity contribution in [3.8, 4) is 0 Å². The lowest BCUT2D eigenvalue weighted by Gasteiger charge is -2.08. The van der Waals surface area contributed by atoms with E-state index in [9.17, 15) is 18.0 Å². The summed E-state index contributed by atoms with van der Waals surface area (Å²) in [5, 5.41) is 30.1. The van der Waals surface area contributed by atoms with E-state index in [2.05, 4.69) is 46.7 Å². The van der Waals surface area contributed by atoms with Gasteiger partial charge in [0.25, 0.3) is 0 Å². The zero-order valence-electron chi connectivity index (χ0n) is 13.7. The van der Waals surface area contributed by atoms with Gasteiger partial charge in [0.15, 0.2) is 5.69 Å². The third-order valence-corrected chi connectivity index (χ3v) is 4.39. The molecule has 0 amide bonds. The molecule has 0 unspecified atom stereocenters. The quantitative estimate of drug-likeness (QED) is 0.138. The van der Waals surface area contributed by atoms with Crippen molar-refractivity contribution in [3.05, 3.63) is 34.2 Å². The van der Waals surface area contributed by atoms with E-state index in [1.807, 2.05) is 0 Å². The lowest BCUT2D eigenvalue weighted by atomic mass is 10.3. The van der Waals surface area contributed by atoms with Gasteiger partial charge in [-0.05, 0) is 44.4 Å². The maximum Gasteiger partial charge on any atom is 0.211 e. The fourth-order valence-electron chi connectivity index (χ4n) is 1.82. The van der Waals surface area contributed by atoms with Crippen molar-refractivity contribution in [1.29, 1.82) is 0 Å². The van der Waals surface area contributed by atoms with Crippen LogP contribution in [0.4, 0.5) is 15.9 Å². The van der Waals surface area contributed by atoms with Crippen LogP contribution < -0.4 is 15.8 Å². The molecule has 5 N–H and O–H groups in total. The summed E-state index contributed by atoms with van der Waals surface area (Å²) in [6.07, 6.45) is 0. The van der Waals surface area contributed by atoms with Gasteiger partial charge in [-0.1, -0.05) is 5.16 Å². The van der Waals surface area contributed by atoms with Crippen LogP contribution >= 0.6 is 15.9 Å². The Bertz CT molecular complexity index is 906. The fourth-order valence-corrected chi connectivity index (χ4v) is 2.55. The van der Waals surface area contributed by atoms with Gasteiger partial charge in [-0.2, -0.15) is 0 Å². The molecule has 27 heavy (non-hydrogen) atoms. The molecule has 0 spiro atoms. The zero-order valence-corrected chi connectivity index (χ0v) is 16.1. The summed E-state index contributed by atoms with van der Waals surface area (Å²) in [6, 6.07) is 4.10. The van der Waals surface area contributed by atoms with Gasteiger partial charge in [0.05, 0.1) is 23.4 Å². The van der Waals surface area contributed by atoms with Crippen LogP contribution in [0.1, 0.15) is 5.69 Å². The Morgan fingerprint density at radius 3 is 2.85 bits per heavy atom. The Morgan fingerprint density at radius 2 is 2.19 bits per heavy atom. The minimum Gasteiger partial charge on any atom is -0.409 e. The molecule has 0 saturated carbocycles. The zero-order chi connectivity index (χ0) is 19.9. The summed E-state index contributed by atoms with van der Waals surface area (Å²) in [5.74, 6) is -0.669. The highest BCUT2D eigenvalue weighted by Gasteiger charge is 2.18. The second-order valence-electron chi connectivity index (χ2n) is 5.07. The second-order valence-corrected chi connectivity index (χ2v) is 7.66. The van der Waals surface area contributed by atoms with Gasteiger partial charge >= 0.3 is 0 Å². The van der Waals surface area contributed by atoms with Crippen LogP contribution in [0.5, 0.6) is 0 Å². The first kappa shape index (κ1) is 21.0. The number of rotatable bonds is 9. The van der Waals surface area contributed by atoms with E-state index in [1.54, 1.807) is 0 Å². The highest BCUT2D eigenvalue weighted by Crippen LogP contribution is 2.21. The summed E-state index contributed by atoms with van der Waals surface area (Å²) in [4.78, 5) is 0. The molecule has 14 heteroatoms. The van der Waals surface area contributed by atoms with Gasteiger partial charge in [0, 0.05) is 12.2 Å². The number of oxime groups is 1. The number of primary sulfonamides is 1. The molecule has 1 heterocycles. The molecule has 0 aliphatic rings. The lowest BCUT2D eigenvalue weighted by molar-refractivity contribution is 0.159. The standard InChI is InChI=1S/C13H16BrFN6O5S/c14-9-7-8(1-2-10(9)15)18-13(19-22)11-12(21-26-20-11)17-3-4-25-5-6-27(16,23)24/h1-2,7,22H,3-6H2,(H,17,21)(H,18,19)(H2,16,23,24). The van der Waals surface area contributed by atoms with Crippen LogP contribution in [0.3, 0.4) is 0 Å². The third-order valence-electron chi connectivity index (χ3n) is 3.05. The van der Waals surface area contributed by atoms with Gasteiger partial charge in [-0.3, -0.25) is 0 Å². The van der Waals surface area contributed by atoms with Crippen LogP contribution in [0.25, 0.3) is 0 Å². The number of nitrogens with two attached hydrogens (primary N) is 1. The van der Waals surface area contributed by atoms with Gasteiger partial charge in [-0.25, -0.2) is 22.6 Å². The largest absolute Gasteiger partial charge is 0.409 e. The van der Waals surface area contributed by atoms with Crippen LogP contribution in [-0.4, -0.2) is 55.3 Å². The smallest absolute Gasteiger partial charge is 0.211 e. The fraction of sp³-hybridized carbons (Fsp3) is 0.308. The predicted molar refractivity (Wildman–Crippen MR) is 97.6 cm³/mol. The molecule has 1 aromatic heterocycles. The highest BCUT2D eigenvalue weighted by atomic mass is 79.9. The molecule has 0 radical (unpaired) electrons. The molecule has 0 aliphatic heterocycles. The summed E-state index contributed by atoms with van der Waals surface area (Å²) in [7, 11) is -3.57. The Labute approximate surface area is 161 Å². The van der Waals surface area contributed by atoms with Crippen LogP contribution in [0, 0.1) is 5.82 Å². The third kappa shape index (κ3) is 6.74. The van der Waals surface area contributed by atoms with Gasteiger partial charge in [-0.15, -0.1) is 0 Å².